The Labute approximate surface area is 128 Å². The van der Waals surface area contributed by atoms with Crippen molar-refractivity contribution in [2.45, 2.75) is 31.4 Å². The molecule has 0 N–H and O–H groups in total. The van der Waals surface area contributed by atoms with Crippen molar-refractivity contribution in [1.82, 2.24) is 4.90 Å². The standard InChI is InChI=1S/C15H19ClFNOS/c16-13-6-5-12(14(17)9-13)10-20-11-15(19)18-7-3-1-2-4-8-18/h5-6,9H,1-4,7-8,10-11H2. The predicted molar refractivity (Wildman–Crippen MR) is 82.6 cm³/mol. The van der Waals surface area contributed by atoms with E-state index < -0.39 is 0 Å². The Morgan fingerprint density at radius 1 is 1.25 bits per heavy atom. The average Bonchev–Trinajstić information content (AvgIpc) is 2.70. The van der Waals surface area contributed by atoms with Gasteiger partial charge in [-0.1, -0.05) is 30.5 Å². The Bertz CT molecular complexity index is 461. The zero-order chi connectivity index (χ0) is 14.4. The van der Waals surface area contributed by atoms with E-state index in [0.29, 0.717) is 22.1 Å². The summed E-state index contributed by atoms with van der Waals surface area (Å²) in [5.74, 6) is 0.795. The van der Waals surface area contributed by atoms with Crippen LogP contribution in [0.2, 0.25) is 5.02 Å². The fourth-order valence-electron chi connectivity index (χ4n) is 2.30. The van der Waals surface area contributed by atoms with E-state index in [2.05, 4.69) is 0 Å². The minimum atomic E-state index is -0.299. The van der Waals surface area contributed by atoms with Crippen LogP contribution in [0.5, 0.6) is 0 Å². The molecule has 1 fully saturated rings. The van der Waals surface area contributed by atoms with E-state index in [1.807, 2.05) is 4.90 Å². The first-order valence-corrected chi connectivity index (χ1v) is 8.49. The van der Waals surface area contributed by atoms with E-state index in [1.54, 1.807) is 12.1 Å². The second-order valence-electron chi connectivity index (χ2n) is 5.02. The number of rotatable bonds is 4. The van der Waals surface area contributed by atoms with Crippen molar-refractivity contribution in [3.63, 3.8) is 0 Å². The fourth-order valence-corrected chi connectivity index (χ4v) is 3.37. The van der Waals surface area contributed by atoms with E-state index >= 15 is 0 Å². The second kappa shape index (κ2) is 7.89. The smallest absolute Gasteiger partial charge is 0.232 e. The van der Waals surface area contributed by atoms with Crippen molar-refractivity contribution in [2.75, 3.05) is 18.8 Å². The van der Waals surface area contributed by atoms with Crippen LogP contribution in [0.25, 0.3) is 0 Å². The summed E-state index contributed by atoms with van der Waals surface area (Å²) in [4.78, 5) is 14.0. The lowest BCUT2D eigenvalue weighted by molar-refractivity contribution is -0.128. The van der Waals surface area contributed by atoms with Gasteiger partial charge in [-0.05, 0) is 30.5 Å². The molecular weight excluding hydrogens is 297 g/mol. The molecule has 2 nitrogen and oxygen atoms in total. The summed E-state index contributed by atoms with van der Waals surface area (Å²) < 4.78 is 13.6. The number of likely N-dealkylation sites (tertiary alicyclic amines) is 1. The highest BCUT2D eigenvalue weighted by molar-refractivity contribution is 7.99. The molecule has 1 amide bonds. The van der Waals surface area contributed by atoms with Crippen molar-refractivity contribution in [1.29, 1.82) is 0 Å². The summed E-state index contributed by atoms with van der Waals surface area (Å²) in [5, 5.41) is 0.400. The molecule has 1 aromatic carbocycles. The van der Waals surface area contributed by atoms with Gasteiger partial charge in [-0.25, -0.2) is 4.39 Å². The summed E-state index contributed by atoms with van der Waals surface area (Å²) in [7, 11) is 0. The van der Waals surface area contributed by atoms with Gasteiger partial charge in [0.15, 0.2) is 0 Å². The molecule has 0 aliphatic carbocycles. The third-order valence-electron chi connectivity index (χ3n) is 3.46. The minimum Gasteiger partial charge on any atom is -0.342 e. The van der Waals surface area contributed by atoms with Gasteiger partial charge in [-0.15, -0.1) is 11.8 Å². The van der Waals surface area contributed by atoms with Crippen molar-refractivity contribution < 1.29 is 9.18 Å². The minimum absolute atomic E-state index is 0.172. The summed E-state index contributed by atoms with van der Waals surface area (Å²) >= 11 is 7.17. The predicted octanol–water partition coefficient (Wildman–Crippen LogP) is 4.11. The van der Waals surface area contributed by atoms with Crippen LogP contribution >= 0.6 is 23.4 Å². The highest BCUT2D eigenvalue weighted by Gasteiger charge is 2.15. The molecule has 0 unspecified atom stereocenters. The lowest BCUT2D eigenvalue weighted by atomic mass is 10.2. The van der Waals surface area contributed by atoms with E-state index in [0.717, 1.165) is 25.9 Å². The Balaban J connectivity index is 1.78. The van der Waals surface area contributed by atoms with Gasteiger partial charge in [0.2, 0.25) is 5.91 Å². The van der Waals surface area contributed by atoms with Gasteiger partial charge >= 0.3 is 0 Å². The Morgan fingerprint density at radius 3 is 2.60 bits per heavy atom. The summed E-state index contributed by atoms with van der Waals surface area (Å²) in [6.07, 6.45) is 4.63. The molecule has 1 saturated heterocycles. The normalized spacial score (nSPS) is 16.0. The number of carbonyl (C=O) groups excluding carboxylic acids is 1. The largest absolute Gasteiger partial charge is 0.342 e. The average molecular weight is 316 g/mol. The number of hydrogen-bond acceptors (Lipinski definition) is 2. The highest BCUT2D eigenvalue weighted by Crippen LogP contribution is 2.20. The van der Waals surface area contributed by atoms with Crippen molar-refractivity contribution in [3.05, 3.63) is 34.6 Å². The number of halogens is 2. The van der Waals surface area contributed by atoms with E-state index in [-0.39, 0.29) is 11.7 Å². The molecule has 110 valence electrons. The molecule has 0 radical (unpaired) electrons. The van der Waals surface area contributed by atoms with Crippen LogP contribution in [0.3, 0.4) is 0 Å². The molecular formula is C15H19ClFNOS. The van der Waals surface area contributed by atoms with Gasteiger partial charge < -0.3 is 4.90 Å². The van der Waals surface area contributed by atoms with Crippen LogP contribution in [-0.4, -0.2) is 29.6 Å². The van der Waals surface area contributed by atoms with E-state index in [4.69, 9.17) is 11.6 Å². The Kier molecular flexibility index (Phi) is 6.17. The van der Waals surface area contributed by atoms with Crippen LogP contribution in [0.4, 0.5) is 4.39 Å². The summed E-state index contributed by atoms with van der Waals surface area (Å²) in [6.45, 7) is 1.74. The molecule has 20 heavy (non-hydrogen) atoms. The molecule has 1 aliphatic heterocycles. The maximum Gasteiger partial charge on any atom is 0.232 e. The molecule has 0 bridgehead atoms. The molecule has 0 atom stereocenters. The Morgan fingerprint density at radius 2 is 1.95 bits per heavy atom. The number of amides is 1. The molecule has 0 saturated carbocycles. The maximum absolute atomic E-state index is 13.6. The van der Waals surface area contributed by atoms with Gasteiger partial charge in [-0.3, -0.25) is 4.79 Å². The molecule has 1 aromatic rings. The van der Waals surface area contributed by atoms with Gasteiger partial charge in [0, 0.05) is 23.9 Å². The van der Waals surface area contributed by atoms with Gasteiger partial charge in [0.05, 0.1) is 5.75 Å². The number of hydrogen-bond donors (Lipinski definition) is 0. The van der Waals surface area contributed by atoms with Crippen LogP contribution in [0.15, 0.2) is 18.2 Å². The first-order valence-electron chi connectivity index (χ1n) is 6.96. The number of nitrogens with zero attached hydrogens (tertiary/aromatic N) is 1. The maximum atomic E-state index is 13.6. The zero-order valence-corrected chi connectivity index (χ0v) is 13.0. The van der Waals surface area contributed by atoms with Crippen LogP contribution in [0.1, 0.15) is 31.2 Å². The molecule has 2 rings (SSSR count). The van der Waals surface area contributed by atoms with Crippen molar-refractivity contribution >= 4 is 29.3 Å². The van der Waals surface area contributed by atoms with Crippen LogP contribution < -0.4 is 0 Å². The van der Waals surface area contributed by atoms with Crippen LogP contribution in [0, 0.1) is 5.82 Å². The van der Waals surface area contributed by atoms with Gasteiger partial charge in [0.25, 0.3) is 0 Å². The molecule has 5 heteroatoms. The number of benzene rings is 1. The van der Waals surface area contributed by atoms with Crippen LogP contribution in [-0.2, 0) is 10.5 Å². The quantitative estimate of drug-likeness (QED) is 0.833. The third-order valence-corrected chi connectivity index (χ3v) is 4.66. The van der Waals surface area contributed by atoms with Crippen molar-refractivity contribution in [3.8, 4) is 0 Å². The van der Waals surface area contributed by atoms with E-state index in [1.165, 1.54) is 30.7 Å². The Hall–Kier alpha value is -0.740. The first-order chi connectivity index (χ1) is 9.66. The van der Waals surface area contributed by atoms with Gasteiger partial charge in [-0.2, -0.15) is 0 Å². The van der Waals surface area contributed by atoms with Gasteiger partial charge in [0.1, 0.15) is 5.82 Å². The third kappa shape index (κ3) is 4.67. The first kappa shape index (κ1) is 15.6. The second-order valence-corrected chi connectivity index (χ2v) is 6.45. The lowest BCUT2D eigenvalue weighted by Crippen LogP contribution is -2.33. The zero-order valence-electron chi connectivity index (χ0n) is 11.4. The molecule has 0 spiro atoms. The lowest BCUT2D eigenvalue weighted by Gasteiger charge is -2.20. The topological polar surface area (TPSA) is 20.3 Å². The number of thioether (sulfide) groups is 1. The van der Waals surface area contributed by atoms with E-state index in [9.17, 15) is 9.18 Å². The number of carbonyl (C=O) groups is 1. The molecule has 0 aromatic heterocycles. The molecule has 1 heterocycles. The monoisotopic (exact) mass is 315 g/mol. The highest BCUT2D eigenvalue weighted by atomic mass is 35.5. The van der Waals surface area contributed by atoms with Crippen molar-refractivity contribution in [2.24, 2.45) is 0 Å². The SMILES string of the molecule is O=C(CSCc1ccc(Cl)cc1F)N1CCCCCC1. The summed E-state index contributed by atoms with van der Waals surface area (Å²) in [6, 6.07) is 4.67. The summed E-state index contributed by atoms with van der Waals surface area (Å²) in [5.41, 5.74) is 0.600. The fraction of sp³-hybridized carbons (Fsp3) is 0.533. The molecule has 1 aliphatic rings.